The average Bonchev–Trinajstić information content (AvgIpc) is 2.83. The van der Waals surface area contributed by atoms with Crippen molar-refractivity contribution in [3.05, 3.63) is 28.3 Å². The number of carbonyl (C=O) groups excluding carboxylic acids is 1. The summed E-state index contributed by atoms with van der Waals surface area (Å²) in [7, 11) is 1.44. The molecule has 0 radical (unpaired) electrons. The molecule has 0 spiro atoms. The predicted molar refractivity (Wildman–Crippen MR) is 82.6 cm³/mol. The zero-order valence-electron chi connectivity index (χ0n) is 13.0. The summed E-state index contributed by atoms with van der Waals surface area (Å²) in [6, 6.07) is 3.79. The molecule has 1 aliphatic rings. The van der Waals surface area contributed by atoms with Crippen LogP contribution in [-0.2, 0) is 16.1 Å². The Morgan fingerprint density at radius 1 is 1.36 bits per heavy atom. The molecule has 0 saturated heterocycles. The van der Waals surface area contributed by atoms with Crippen molar-refractivity contribution >= 4 is 17.1 Å². The topological polar surface area (TPSA) is 77.0 Å². The van der Waals surface area contributed by atoms with E-state index in [-0.39, 0.29) is 17.6 Å². The van der Waals surface area contributed by atoms with E-state index in [1.165, 1.54) is 7.11 Å². The van der Waals surface area contributed by atoms with E-state index in [0.29, 0.717) is 12.5 Å². The molecule has 0 amide bonds. The van der Waals surface area contributed by atoms with Crippen molar-refractivity contribution < 1.29 is 9.53 Å². The first-order valence-corrected chi connectivity index (χ1v) is 7.72. The summed E-state index contributed by atoms with van der Waals surface area (Å²) in [4.78, 5) is 31.0. The van der Waals surface area contributed by atoms with Gasteiger partial charge in [0.15, 0.2) is 5.65 Å². The van der Waals surface area contributed by atoms with E-state index >= 15 is 0 Å². The number of fused-ring (bicyclic) bond motifs is 1. The number of rotatable bonds is 3. The highest BCUT2D eigenvalue weighted by atomic mass is 16.5. The molecule has 0 unspecified atom stereocenters. The number of carbonyl (C=O) groups is 1. The van der Waals surface area contributed by atoms with Crippen LogP contribution in [0.4, 0.5) is 0 Å². The number of imidazole rings is 1. The third-order valence-electron chi connectivity index (χ3n) is 4.58. The van der Waals surface area contributed by atoms with Crippen LogP contribution in [0.2, 0.25) is 0 Å². The lowest BCUT2D eigenvalue weighted by atomic mass is 9.82. The Kier molecular flexibility index (Phi) is 4.00. The van der Waals surface area contributed by atoms with Crippen molar-refractivity contribution in [1.82, 2.24) is 14.5 Å². The number of aryl methyl sites for hydroxylation is 1. The van der Waals surface area contributed by atoms with Crippen molar-refractivity contribution in [1.29, 1.82) is 0 Å². The number of methoxy groups -OCH3 is 1. The number of esters is 1. The van der Waals surface area contributed by atoms with Crippen molar-refractivity contribution in [2.45, 2.75) is 39.2 Å². The fourth-order valence-corrected chi connectivity index (χ4v) is 3.30. The van der Waals surface area contributed by atoms with E-state index < -0.39 is 0 Å². The summed E-state index contributed by atoms with van der Waals surface area (Å²) < 4.78 is 6.54. The second-order valence-corrected chi connectivity index (χ2v) is 6.11. The Labute approximate surface area is 128 Å². The molecular weight excluding hydrogens is 282 g/mol. The number of ether oxygens (including phenoxy) is 1. The Hall–Kier alpha value is -2.11. The molecule has 2 aromatic heterocycles. The van der Waals surface area contributed by atoms with Gasteiger partial charge in [-0.2, -0.15) is 0 Å². The third kappa shape index (κ3) is 2.77. The van der Waals surface area contributed by atoms with E-state index in [9.17, 15) is 9.59 Å². The van der Waals surface area contributed by atoms with E-state index in [0.717, 1.165) is 42.5 Å². The van der Waals surface area contributed by atoms with Crippen LogP contribution in [0, 0.1) is 18.8 Å². The van der Waals surface area contributed by atoms with Gasteiger partial charge in [0.1, 0.15) is 0 Å². The minimum absolute atomic E-state index is 0.0151. The highest BCUT2D eigenvalue weighted by molar-refractivity contribution is 5.72. The van der Waals surface area contributed by atoms with Crippen molar-refractivity contribution in [2.75, 3.05) is 7.11 Å². The highest BCUT2D eigenvalue weighted by Gasteiger charge is 2.27. The first kappa shape index (κ1) is 14.8. The summed E-state index contributed by atoms with van der Waals surface area (Å²) in [6.45, 7) is 2.58. The van der Waals surface area contributed by atoms with Crippen molar-refractivity contribution in [3.63, 3.8) is 0 Å². The van der Waals surface area contributed by atoms with E-state index in [1.54, 1.807) is 4.57 Å². The maximum atomic E-state index is 12.1. The number of hydrogen-bond acceptors (Lipinski definition) is 4. The number of H-pyrrole nitrogens is 1. The van der Waals surface area contributed by atoms with Gasteiger partial charge in [-0.25, -0.2) is 9.78 Å². The minimum Gasteiger partial charge on any atom is -0.469 e. The van der Waals surface area contributed by atoms with Crippen molar-refractivity contribution in [3.8, 4) is 0 Å². The molecule has 6 nitrogen and oxygen atoms in total. The molecule has 0 aromatic carbocycles. The number of hydrogen-bond donors (Lipinski definition) is 1. The Bertz CT molecular complexity index is 739. The SMILES string of the molecule is COC(=O)C1CCC(Cn2c(=O)[nH]c3ccc(C)nc32)CC1. The van der Waals surface area contributed by atoms with Crippen LogP contribution in [0.1, 0.15) is 31.4 Å². The lowest BCUT2D eigenvalue weighted by Crippen LogP contribution is -2.27. The Morgan fingerprint density at radius 3 is 2.77 bits per heavy atom. The third-order valence-corrected chi connectivity index (χ3v) is 4.58. The minimum atomic E-state index is -0.111. The zero-order chi connectivity index (χ0) is 15.7. The summed E-state index contributed by atoms with van der Waals surface area (Å²) in [5, 5.41) is 0. The summed E-state index contributed by atoms with van der Waals surface area (Å²) in [5.41, 5.74) is 2.29. The number of pyridine rings is 1. The Morgan fingerprint density at radius 2 is 2.09 bits per heavy atom. The van der Waals surface area contributed by atoms with Crippen LogP contribution in [0.25, 0.3) is 11.2 Å². The molecule has 6 heteroatoms. The Balaban J connectivity index is 1.75. The second-order valence-electron chi connectivity index (χ2n) is 6.11. The van der Waals surface area contributed by atoms with Gasteiger partial charge in [-0.1, -0.05) is 0 Å². The zero-order valence-corrected chi connectivity index (χ0v) is 13.0. The molecule has 1 saturated carbocycles. The standard InChI is InChI=1S/C16H21N3O3/c1-10-3-8-13-14(17-10)19(16(21)18-13)9-11-4-6-12(7-5-11)15(20)22-2/h3,8,11-12H,4-7,9H2,1-2H3,(H,18,21). The molecule has 0 aliphatic heterocycles. The summed E-state index contributed by atoms with van der Waals surface area (Å²) >= 11 is 0. The molecule has 2 aromatic rings. The number of nitrogens with one attached hydrogen (secondary N) is 1. The van der Waals surface area contributed by atoms with Gasteiger partial charge in [0.05, 0.1) is 18.5 Å². The van der Waals surface area contributed by atoms with Gasteiger partial charge in [0.25, 0.3) is 0 Å². The molecular formula is C16H21N3O3. The molecule has 0 atom stereocenters. The van der Waals surface area contributed by atoms with E-state index in [1.807, 2.05) is 19.1 Å². The van der Waals surface area contributed by atoms with E-state index in [2.05, 4.69) is 9.97 Å². The van der Waals surface area contributed by atoms with Crippen molar-refractivity contribution in [2.24, 2.45) is 11.8 Å². The van der Waals surface area contributed by atoms with Gasteiger partial charge < -0.3 is 9.72 Å². The largest absolute Gasteiger partial charge is 0.469 e. The van der Waals surface area contributed by atoms with Gasteiger partial charge >= 0.3 is 11.7 Å². The van der Waals surface area contributed by atoms with Crippen LogP contribution < -0.4 is 5.69 Å². The van der Waals surface area contributed by atoms with Gasteiger partial charge in [0, 0.05) is 12.2 Å². The number of aromatic nitrogens is 3. The predicted octanol–water partition coefficient (Wildman–Crippen LogP) is 2.01. The number of nitrogens with zero attached hydrogens (tertiary/aromatic N) is 2. The van der Waals surface area contributed by atoms with E-state index in [4.69, 9.17) is 4.74 Å². The molecule has 118 valence electrons. The molecule has 1 aliphatic carbocycles. The first-order chi connectivity index (χ1) is 10.6. The average molecular weight is 303 g/mol. The van der Waals surface area contributed by atoms with Crippen LogP contribution in [0.15, 0.2) is 16.9 Å². The fourth-order valence-electron chi connectivity index (χ4n) is 3.30. The molecule has 3 rings (SSSR count). The number of aromatic amines is 1. The van der Waals surface area contributed by atoms with Crippen LogP contribution in [0.3, 0.4) is 0 Å². The lowest BCUT2D eigenvalue weighted by Gasteiger charge is -2.26. The van der Waals surface area contributed by atoms with Gasteiger partial charge in [-0.15, -0.1) is 0 Å². The van der Waals surface area contributed by atoms with Gasteiger partial charge in [0.2, 0.25) is 0 Å². The van der Waals surface area contributed by atoms with Gasteiger partial charge in [-0.05, 0) is 50.7 Å². The maximum absolute atomic E-state index is 12.1. The highest BCUT2D eigenvalue weighted by Crippen LogP contribution is 2.30. The summed E-state index contributed by atoms with van der Waals surface area (Å²) in [6.07, 6.45) is 3.54. The molecule has 0 bridgehead atoms. The fraction of sp³-hybridized carbons (Fsp3) is 0.562. The smallest absolute Gasteiger partial charge is 0.327 e. The summed E-state index contributed by atoms with van der Waals surface area (Å²) in [5.74, 6) is 0.307. The molecule has 2 heterocycles. The molecule has 22 heavy (non-hydrogen) atoms. The monoisotopic (exact) mass is 303 g/mol. The normalized spacial score (nSPS) is 21.9. The second kappa shape index (κ2) is 5.94. The quantitative estimate of drug-likeness (QED) is 0.880. The first-order valence-electron chi connectivity index (χ1n) is 7.72. The lowest BCUT2D eigenvalue weighted by molar-refractivity contribution is -0.146. The molecule has 1 fully saturated rings. The van der Waals surface area contributed by atoms with Crippen LogP contribution in [0.5, 0.6) is 0 Å². The van der Waals surface area contributed by atoms with Gasteiger partial charge in [-0.3, -0.25) is 9.36 Å². The molecule has 1 N–H and O–H groups in total. The van der Waals surface area contributed by atoms with Crippen LogP contribution in [-0.4, -0.2) is 27.6 Å². The maximum Gasteiger partial charge on any atom is 0.327 e. The van der Waals surface area contributed by atoms with Crippen LogP contribution >= 0.6 is 0 Å².